The molecule has 0 aromatic carbocycles. The zero-order valence-corrected chi connectivity index (χ0v) is 18.1. The lowest BCUT2D eigenvalue weighted by Gasteiger charge is -2.26. The number of carboxylic acid groups (broad SMARTS) is 1. The normalized spacial score (nSPS) is 16.0. The zero-order chi connectivity index (χ0) is 23.7. The Labute approximate surface area is 180 Å². The molecule has 1 heterocycles. The van der Waals surface area contributed by atoms with Gasteiger partial charge in [-0.3, -0.25) is 19.2 Å². The molecule has 174 valence electrons. The smallest absolute Gasteiger partial charge is 0.325 e. The third-order valence-corrected chi connectivity index (χ3v) is 4.46. The van der Waals surface area contributed by atoms with E-state index in [1.54, 1.807) is 0 Å². The van der Waals surface area contributed by atoms with Crippen LogP contribution in [0.3, 0.4) is 0 Å². The SMILES string of the molecule is CC(C)CC(NC(=O)C(NC(=O)C(N)Cc1cnc[nH]1)C(C)O)C(=O)NC(C)C(=O)O. The van der Waals surface area contributed by atoms with Crippen molar-refractivity contribution >= 4 is 23.7 Å². The number of aromatic amines is 1. The van der Waals surface area contributed by atoms with Crippen molar-refractivity contribution in [2.24, 2.45) is 11.7 Å². The van der Waals surface area contributed by atoms with Gasteiger partial charge in [0.05, 0.1) is 18.5 Å². The summed E-state index contributed by atoms with van der Waals surface area (Å²) in [4.78, 5) is 55.2. The molecule has 0 aliphatic carbocycles. The predicted octanol–water partition coefficient (Wildman–Crippen LogP) is -1.73. The van der Waals surface area contributed by atoms with Crippen molar-refractivity contribution in [3.63, 3.8) is 0 Å². The molecule has 0 saturated carbocycles. The van der Waals surface area contributed by atoms with E-state index in [1.807, 2.05) is 13.8 Å². The van der Waals surface area contributed by atoms with Gasteiger partial charge in [-0.15, -0.1) is 0 Å². The fraction of sp³-hybridized carbons (Fsp3) is 0.632. The molecule has 1 aromatic heterocycles. The van der Waals surface area contributed by atoms with E-state index in [9.17, 15) is 24.3 Å². The molecule has 5 atom stereocenters. The van der Waals surface area contributed by atoms with Crippen LogP contribution in [0.2, 0.25) is 0 Å². The molecule has 3 amide bonds. The van der Waals surface area contributed by atoms with Crippen LogP contribution in [0, 0.1) is 5.92 Å². The first-order chi connectivity index (χ1) is 14.4. The molecule has 1 rings (SSSR count). The monoisotopic (exact) mass is 440 g/mol. The number of hydrogen-bond donors (Lipinski definition) is 7. The number of nitrogens with one attached hydrogen (secondary N) is 4. The third-order valence-electron chi connectivity index (χ3n) is 4.46. The Kier molecular flexibility index (Phi) is 10.1. The van der Waals surface area contributed by atoms with Gasteiger partial charge in [0, 0.05) is 18.3 Å². The van der Waals surface area contributed by atoms with E-state index in [-0.39, 0.29) is 18.8 Å². The van der Waals surface area contributed by atoms with E-state index in [2.05, 4.69) is 25.9 Å². The maximum absolute atomic E-state index is 12.7. The van der Waals surface area contributed by atoms with Crippen molar-refractivity contribution in [1.29, 1.82) is 0 Å². The molecular weight excluding hydrogens is 408 g/mol. The first-order valence-electron chi connectivity index (χ1n) is 9.97. The van der Waals surface area contributed by atoms with E-state index in [0.717, 1.165) is 0 Å². The van der Waals surface area contributed by atoms with Crippen LogP contribution in [0.15, 0.2) is 12.5 Å². The molecule has 31 heavy (non-hydrogen) atoms. The first-order valence-corrected chi connectivity index (χ1v) is 9.97. The predicted molar refractivity (Wildman–Crippen MR) is 111 cm³/mol. The minimum Gasteiger partial charge on any atom is -0.480 e. The number of aliphatic hydroxyl groups is 1. The second-order valence-electron chi connectivity index (χ2n) is 7.87. The third kappa shape index (κ3) is 8.72. The number of rotatable bonds is 12. The van der Waals surface area contributed by atoms with Gasteiger partial charge in [-0.25, -0.2) is 4.98 Å². The highest BCUT2D eigenvalue weighted by Crippen LogP contribution is 2.07. The van der Waals surface area contributed by atoms with Gasteiger partial charge in [-0.1, -0.05) is 13.8 Å². The summed E-state index contributed by atoms with van der Waals surface area (Å²) in [5.41, 5.74) is 6.49. The summed E-state index contributed by atoms with van der Waals surface area (Å²) in [6, 6.07) is -4.56. The Hall–Kier alpha value is -2.99. The molecule has 8 N–H and O–H groups in total. The number of H-pyrrole nitrogens is 1. The molecule has 0 aliphatic heterocycles. The molecule has 0 fully saturated rings. The highest BCUT2D eigenvalue weighted by Gasteiger charge is 2.32. The number of imidazole rings is 1. The van der Waals surface area contributed by atoms with Gasteiger partial charge >= 0.3 is 5.97 Å². The summed E-state index contributed by atoms with van der Waals surface area (Å²) in [5.74, 6) is -3.36. The van der Waals surface area contributed by atoms with Gasteiger partial charge in [0.15, 0.2) is 0 Å². The Morgan fingerprint density at radius 3 is 2.19 bits per heavy atom. The Morgan fingerprint density at radius 1 is 1.06 bits per heavy atom. The van der Waals surface area contributed by atoms with Crippen molar-refractivity contribution in [3.05, 3.63) is 18.2 Å². The molecule has 1 aromatic rings. The lowest BCUT2D eigenvalue weighted by Crippen LogP contribution is -2.60. The molecule has 0 radical (unpaired) electrons. The van der Waals surface area contributed by atoms with E-state index in [4.69, 9.17) is 10.8 Å². The van der Waals surface area contributed by atoms with Crippen molar-refractivity contribution in [3.8, 4) is 0 Å². The maximum atomic E-state index is 12.7. The highest BCUT2D eigenvalue weighted by molar-refractivity contribution is 5.94. The van der Waals surface area contributed by atoms with Gasteiger partial charge in [-0.05, 0) is 26.2 Å². The molecule has 5 unspecified atom stereocenters. The minimum atomic E-state index is -1.36. The van der Waals surface area contributed by atoms with E-state index in [0.29, 0.717) is 5.69 Å². The second-order valence-corrected chi connectivity index (χ2v) is 7.87. The molecule has 0 saturated heterocycles. The van der Waals surface area contributed by atoms with E-state index >= 15 is 0 Å². The number of carboxylic acids is 1. The Bertz CT molecular complexity index is 751. The number of aliphatic hydroxyl groups excluding tert-OH is 1. The molecular formula is C19H32N6O6. The Morgan fingerprint density at radius 2 is 1.71 bits per heavy atom. The number of nitrogens with zero attached hydrogens (tertiary/aromatic N) is 1. The standard InChI is InChI=1S/C19H32N6O6/c1-9(2)5-14(17(28)23-10(3)19(30)31)24-18(29)15(11(4)26)25-16(27)13(20)6-12-7-21-8-22-12/h7-11,13-15,26H,5-6,20H2,1-4H3,(H,21,22)(H,23,28)(H,24,29)(H,25,27)(H,30,31). The van der Waals surface area contributed by atoms with Crippen molar-refractivity contribution in [1.82, 2.24) is 25.9 Å². The van der Waals surface area contributed by atoms with Crippen LogP contribution in [-0.2, 0) is 25.6 Å². The number of amides is 3. The van der Waals surface area contributed by atoms with Gasteiger partial charge in [-0.2, -0.15) is 0 Å². The van der Waals surface area contributed by atoms with Crippen LogP contribution >= 0.6 is 0 Å². The molecule has 12 nitrogen and oxygen atoms in total. The Balaban J connectivity index is 2.84. The van der Waals surface area contributed by atoms with Gasteiger partial charge in [0.2, 0.25) is 17.7 Å². The lowest BCUT2D eigenvalue weighted by atomic mass is 10.0. The summed E-state index contributed by atoms with van der Waals surface area (Å²) >= 11 is 0. The summed E-state index contributed by atoms with van der Waals surface area (Å²) in [6.45, 7) is 6.27. The largest absolute Gasteiger partial charge is 0.480 e. The molecule has 12 heteroatoms. The number of carbonyl (C=O) groups excluding carboxylic acids is 3. The number of nitrogens with two attached hydrogens (primary N) is 1. The number of hydrogen-bond acceptors (Lipinski definition) is 7. The van der Waals surface area contributed by atoms with Crippen molar-refractivity contribution < 1.29 is 29.4 Å². The van der Waals surface area contributed by atoms with Gasteiger partial charge in [0.25, 0.3) is 0 Å². The average molecular weight is 441 g/mol. The van der Waals surface area contributed by atoms with Crippen LogP contribution in [0.5, 0.6) is 0 Å². The minimum absolute atomic E-state index is 0.00129. The highest BCUT2D eigenvalue weighted by atomic mass is 16.4. The topological polar surface area (TPSA) is 200 Å². The van der Waals surface area contributed by atoms with E-state index in [1.165, 1.54) is 26.4 Å². The van der Waals surface area contributed by atoms with Crippen molar-refractivity contribution in [2.45, 2.75) is 70.8 Å². The first kappa shape index (κ1) is 26.0. The van der Waals surface area contributed by atoms with Gasteiger partial charge in [0.1, 0.15) is 18.1 Å². The lowest BCUT2D eigenvalue weighted by molar-refractivity contribution is -0.142. The van der Waals surface area contributed by atoms with Crippen LogP contribution in [0.1, 0.15) is 39.8 Å². The van der Waals surface area contributed by atoms with Crippen LogP contribution in [0.25, 0.3) is 0 Å². The summed E-state index contributed by atoms with van der Waals surface area (Å²) in [6.07, 6.45) is 2.05. The summed E-state index contributed by atoms with van der Waals surface area (Å²) < 4.78 is 0. The van der Waals surface area contributed by atoms with Crippen LogP contribution in [-0.4, -0.2) is 74.1 Å². The molecule has 0 spiro atoms. The van der Waals surface area contributed by atoms with Crippen LogP contribution < -0.4 is 21.7 Å². The summed E-state index contributed by atoms with van der Waals surface area (Å²) in [5, 5.41) is 26.2. The quantitative estimate of drug-likeness (QED) is 0.199. The second kappa shape index (κ2) is 12.0. The summed E-state index contributed by atoms with van der Waals surface area (Å²) in [7, 11) is 0. The number of aliphatic carboxylic acids is 1. The van der Waals surface area contributed by atoms with Crippen molar-refractivity contribution in [2.75, 3.05) is 0 Å². The number of aromatic nitrogens is 2. The fourth-order valence-electron chi connectivity index (χ4n) is 2.73. The van der Waals surface area contributed by atoms with Crippen LogP contribution in [0.4, 0.5) is 0 Å². The average Bonchev–Trinajstić information content (AvgIpc) is 3.17. The molecule has 0 bridgehead atoms. The fourth-order valence-corrected chi connectivity index (χ4v) is 2.73. The molecule has 0 aliphatic rings. The van der Waals surface area contributed by atoms with E-state index < -0.39 is 54.0 Å². The maximum Gasteiger partial charge on any atom is 0.325 e. The number of carbonyl (C=O) groups is 4. The van der Waals surface area contributed by atoms with Gasteiger partial charge < -0.3 is 36.9 Å². The zero-order valence-electron chi connectivity index (χ0n) is 18.1.